The number of amides is 1. The van der Waals surface area contributed by atoms with E-state index in [0.717, 1.165) is 16.9 Å². The summed E-state index contributed by atoms with van der Waals surface area (Å²) >= 11 is 1.10. The Morgan fingerprint density at radius 1 is 1.26 bits per heavy atom. The number of carbonyl (C=O) groups excluding carboxylic acids is 1. The van der Waals surface area contributed by atoms with E-state index < -0.39 is 18.3 Å². The number of nitriles is 1. The van der Waals surface area contributed by atoms with Gasteiger partial charge in [-0.3, -0.25) is 0 Å². The van der Waals surface area contributed by atoms with Gasteiger partial charge in [-0.15, -0.1) is 11.3 Å². The van der Waals surface area contributed by atoms with Crippen molar-refractivity contribution in [3.8, 4) is 6.07 Å². The Hall–Kier alpha value is -2.40. The van der Waals surface area contributed by atoms with Gasteiger partial charge in [-0.05, 0) is 17.7 Å². The first-order valence-electron chi connectivity index (χ1n) is 6.90. The maximum Gasteiger partial charge on any atom is 0.407 e. The third kappa shape index (κ3) is 5.07. The van der Waals surface area contributed by atoms with E-state index in [0.29, 0.717) is 9.75 Å². The minimum Gasteiger partial charge on any atom is -0.445 e. The Balaban J connectivity index is 1.76. The van der Waals surface area contributed by atoms with Crippen molar-refractivity contribution in [1.29, 1.82) is 5.26 Å². The summed E-state index contributed by atoms with van der Waals surface area (Å²) < 4.78 is 5.00. The number of aliphatic hydroxyl groups excluding tert-OH is 2. The maximum atomic E-state index is 11.6. The van der Waals surface area contributed by atoms with Crippen LogP contribution in [0.3, 0.4) is 0 Å². The van der Waals surface area contributed by atoms with Crippen molar-refractivity contribution in [1.82, 2.24) is 5.32 Å². The molecule has 120 valence electrons. The quantitative estimate of drug-likeness (QED) is 0.750. The van der Waals surface area contributed by atoms with Crippen LogP contribution in [0, 0.1) is 11.3 Å². The van der Waals surface area contributed by atoms with Crippen LogP contribution in [-0.2, 0) is 11.3 Å². The average Bonchev–Trinajstić information content (AvgIpc) is 3.07. The molecular weight excluding hydrogens is 316 g/mol. The molecule has 0 bridgehead atoms. The second-order valence-corrected chi connectivity index (χ2v) is 5.88. The van der Waals surface area contributed by atoms with Gasteiger partial charge in [0.1, 0.15) is 29.8 Å². The van der Waals surface area contributed by atoms with E-state index in [9.17, 15) is 15.0 Å². The Bertz CT molecular complexity index is 681. The SMILES string of the molecule is N#Cc1ccc(C(O)C(O)CNC(=O)OCc2ccccc2)s1. The fourth-order valence-electron chi connectivity index (χ4n) is 1.84. The number of rotatable bonds is 6. The highest BCUT2D eigenvalue weighted by atomic mass is 32.1. The van der Waals surface area contributed by atoms with Gasteiger partial charge in [-0.2, -0.15) is 5.26 Å². The molecule has 2 rings (SSSR count). The van der Waals surface area contributed by atoms with E-state index in [1.54, 1.807) is 12.1 Å². The number of ether oxygens (including phenoxy) is 1. The number of benzene rings is 1. The molecule has 2 unspecified atom stereocenters. The van der Waals surface area contributed by atoms with Crippen LogP contribution in [0.25, 0.3) is 0 Å². The summed E-state index contributed by atoms with van der Waals surface area (Å²) in [5, 5.41) is 31.0. The fourth-order valence-corrected chi connectivity index (χ4v) is 2.68. The monoisotopic (exact) mass is 332 g/mol. The van der Waals surface area contributed by atoms with Crippen LogP contribution >= 0.6 is 11.3 Å². The third-order valence-corrected chi connectivity index (χ3v) is 4.12. The minimum absolute atomic E-state index is 0.127. The molecule has 1 aromatic heterocycles. The molecule has 1 heterocycles. The minimum atomic E-state index is -1.19. The number of aliphatic hydroxyl groups is 2. The average molecular weight is 332 g/mol. The third-order valence-electron chi connectivity index (χ3n) is 3.06. The van der Waals surface area contributed by atoms with Gasteiger partial charge in [0.2, 0.25) is 0 Å². The highest BCUT2D eigenvalue weighted by molar-refractivity contribution is 7.12. The van der Waals surface area contributed by atoms with Crippen LogP contribution in [0.15, 0.2) is 42.5 Å². The lowest BCUT2D eigenvalue weighted by molar-refractivity contribution is 0.0205. The second-order valence-electron chi connectivity index (χ2n) is 4.77. The molecule has 2 aromatic rings. The molecule has 0 fully saturated rings. The standard InChI is InChI=1S/C16H16N2O4S/c17-8-12-6-7-14(23-12)15(20)13(19)9-18-16(21)22-10-11-4-2-1-3-5-11/h1-7,13,15,19-20H,9-10H2,(H,18,21). The van der Waals surface area contributed by atoms with Crippen LogP contribution in [0.5, 0.6) is 0 Å². The van der Waals surface area contributed by atoms with E-state index in [4.69, 9.17) is 10.00 Å². The maximum absolute atomic E-state index is 11.6. The number of hydrogen-bond acceptors (Lipinski definition) is 6. The fraction of sp³-hybridized carbons (Fsp3) is 0.250. The van der Waals surface area contributed by atoms with Gasteiger partial charge in [0.25, 0.3) is 0 Å². The van der Waals surface area contributed by atoms with Crippen LogP contribution < -0.4 is 5.32 Å². The highest BCUT2D eigenvalue weighted by Crippen LogP contribution is 2.25. The lowest BCUT2D eigenvalue weighted by Crippen LogP contribution is -2.35. The highest BCUT2D eigenvalue weighted by Gasteiger charge is 2.21. The van der Waals surface area contributed by atoms with Crippen molar-refractivity contribution in [2.75, 3.05) is 6.54 Å². The van der Waals surface area contributed by atoms with E-state index in [-0.39, 0.29) is 13.2 Å². The van der Waals surface area contributed by atoms with Crippen LogP contribution in [-0.4, -0.2) is 29.0 Å². The van der Waals surface area contributed by atoms with Crippen molar-refractivity contribution >= 4 is 17.4 Å². The topological polar surface area (TPSA) is 103 Å². The van der Waals surface area contributed by atoms with Crippen LogP contribution in [0.1, 0.15) is 21.4 Å². The zero-order valence-electron chi connectivity index (χ0n) is 12.2. The molecule has 1 aromatic carbocycles. The Labute approximate surface area is 137 Å². The first-order valence-corrected chi connectivity index (χ1v) is 7.72. The first kappa shape index (κ1) is 17.0. The smallest absolute Gasteiger partial charge is 0.407 e. The number of thiophene rings is 1. The normalized spacial score (nSPS) is 12.9. The number of hydrogen-bond donors (Lipinski definition) is 3. The van der Waals surface area contributed by atoms with E-state index >= 15 is 0 Å². The Morgan fingerprint density at radius 2 is 2.00 bits per heavy atom. The van der Waals surface area contributed by atoms with Gasteiger partial charge >= 0.3 is 6.09 Å². The lowest BCUT2D eigenvalue weighted by atomic mass is 10.1. The molecule has 0 aliphatic carbocycles. The van der Waals surface area contributed by atoms with Crippen molar-refractivity contribution in [2.45, 2.75) is 18.8 Å². The largest absolute Gasteiger partial charge is 0.445 e. The van der Waals surface area contributed by atoms with E-state index in [1.165, 1.54) is 0 Å². The zero-order chi connectivity index (χ0) is 16.7. The summed E-state index contributed by atoms with van der Waals surface area (Å²) in [5.41, 5.74) is 0.853. The predicted molar refractivity (Wildman–Crippen MR) is 84.6 cm³/mol. The van der Waals surface area contributed by atoms with Gasteiger partial charge in [-0.25, -0.2) is 4.79 Å². The van der Waals surface area contributed by atoms with Gasteiger partial charge in [0.05, 0.1) is 0 Å². The molecule has 1 amide bonds. The Kier molecular flexibility index (Phi) is 6.11. The molecular formula is C16H16N2O4S. The van der Waals surface area contributed by atoms with E-state index in [2.05, 4.69) is 5.32 Å². The van der Waals surface area contributed by atoms with Gasteiger partial charge in [0.15, 0.2) is 0 Å². The molecule has 6 nitrogen and oxygen atoms in total. The number of alkyl carbamates (subject to hydrolysis) is 1. The van der Waals surface area contributed by atoms with E-state index in [1.807, 2.05) is 36.4 Å². The number of nitrogens with zero attached hydrogens (tertiary/aromatic N) is 1. The first-order chi connectivity index (χ1) is 11.1. The molecule has 0 aliphatic heterocycles. The molecule has 3 N–H and O–H groups in total. The van der Waals surface area contributed by atoms with Crippen LogP contribution in [0.4, 0.5) is 4.79 Å². The Morgan fingerprint density at radius 3 is 2.65 bits per heavy atom. The molecule has 23 heavy (non-hydrogen) atoms. The summed E-state index contributed by atoms with van der Waals surface area (Å²) in [4.78, 5) is 12.5. The van der Waals surface area contributed by atoms with Gasteiger partial charge in [0, 0.05) is 11.4 Å². The molecule has 0 saturated heterocycles. The predicted octanol–water partition coefficient (Wildman–Crippen LogP) is 1.94. The van der Waals surface area contributed by atoms with Gasteiger partial charge < -0.3 is 20.3 Å². The molecule has 2 atom stereocenters. The summed E-state index contributed by atoms with van der Waals surface area (Å²) in [6.07, 6.45) is -3.04. The van der Waals surface area contributed by atoms with Gasteiger partial charge in [-0.1, -0.05) is 30.3 Å². The summed E-state index contributed by atoms with van der Waals surface area (Å²) in [6, 6.07) is 14.3. The molecule has 0 spiro atoms. The molecule has 7 heteroatoms. The van der Waals surface area contributed by atoms with Crippen molar-refractivity contribution in [3.05, 3.63) is 57.8 Å². The van der Waals surface area contributed by atoms with Crippen LogP contribution in [0.2, 0.25) is 0 Å². The lowest BCUT2D eigenvalue weighted by Gasteiger charge is -2.17. The molecule has 0 saturated carbocycles. The summed E-state index contributed by atoms with van der Waals surface area (Å²) in [7, 11) is 0. The van der Waals surface area contributed by atoms with Crippen molar-refractivity contribution < 1.29 is 19.7 Å². The summed E-state index contributed by atoms with van der Waals surface area (Å²) in [5.74, 6) is 0. The zero-order valence-corrected chi connectivity index (χ0v) is 13.0. The second kappa shape index (κ2) is 8.29. The number of carbonyl (C=O) groups is 1. The molecule has 0 radical (unpaired) electrons. The summed E-state index contributed by atoms with van der Waals surface area (Å²) in [6.45, 7) is -0.0314. The number of nitrogens with one attached hydrogen (secondary N) is 1. The van der Waals surface area contributed by atoms with Crippen molar-refractivity contribution in [2.24, 2.45) is 0 Å². The molecule has 0 aliphatic rings. The van der Waals surface area contributed by atoms with Crippen molar-refractivity contribution in [3.63, 3.8) is 0 Å².